The van der Waals surface area contributed by atoms with Gasteiger partial charge in [-0.05, 0) is 30.7 Å². The average Bonchev–Trinajstić information content (AvgIpc) is 3.15. The SMILES string of the molecule is NS(=O)(=O)c1cc(C(=O)Nc2cccc(N3CCCC3=O)c2)cs1. The summed E-state index contributed by atoms with van der Waals surface area (Å²) in [7, 11) is -3.82. The van der Waals surface area contributed by atoms with Gasteiger partial charge in [0.05, 0.1) is 5.56 Å². The lowest BCUT2D eigenvalue weighted by Gasteiger charge is -2.16. The van der Waals surface area contributed by atoms with Crippen LogP contribution >= 0.6 is 11.3 Å². The average molecular weight is 365 g/mol. The molecule has 1 aliphatic rings. The summed E-state index contributed by atoms with van der Waals surface area (Å²) in [5.74, 6) is -0.375. The molecule has 0 bridgehead atoms. The molecule has 2 amide bonds. The molecule has 1 saturated heterocycles. The van der Waals surface area contributed by atoms with E-state index in [9.17, 15) is 18.0 Å². The fraction of sp³-hybridized carbons (Fsp3) is 0.200. The van der Waals surface area contributed by atoms with Crippen LogP contribution in [-0.4, -0.2) is 26.8 Å². The van der Waals surface area contributed by atoms with Gasteiger partial charge in [0.2, 0.25) is 15.9 Å². The molecular weight excluding hydrogens is 350 g/mol. The first kappa shape index (κ1) is 16.6. The molecule has 0 saturated carbocycles. The molecule has 2 heterocycles. The van der Waals surface area contributed by atoms with E-state index in [1.165, 1.54) is 11.4 Å². The Balaban J connectivity index is 1.77. The topological polar surface area (TPSA) is 110 Å². The van der Waals surface area contributed by atoms with Gasteiger partial charge in [0, 0.05) is 29.7 Å². The van der Waals surface area contributed by atoms with Gasteiger partial charge in [-0.1, -0.05) is 6.07 Å². The highest BCUT2D eigenvalue weighted by molar-refractivity contribution is 7.91. The molecule has 0 atom stereocenters. The Morgan fingerprint density at radius 1 is 1.29 bits per heavy atom. The zero-order chi connectivity index (χ0) is 17.3. The minimum atomic E-state index is -3.82. The number of nitrogens with zero attached hydrogens (tertiary/aromatic N) is 1. The summed E-state index contributed by atoms with van der Waals surface area (Å²) in [6.07, 6.45) is 1.35. The molecule has 0 spiro atoms. The highest BCUT2D eigenvalue weighted by Gasteiger charge is 2.22. The second-order valence-corrected chi connectivity index (χ2v) is 8.05. The second kappa shape index (κ2) is 6.34. The minimum Gasteiger partial charge on any atom is -0.322 e. The molecule has 1 fully saturated rings. The number of rotatable bonds is 4. The van der Waals surface area contributed by atoms with Gasteiger partial charge in [-0.25, -0.2) is 13.6 Å². The molecule has 126 valence electrons. The van der Waals surface area contributed by atoms with Gasteiger partial charge in [0.15, 0.2) is 0 Å². The molecule has 1 aromatic carbocycles. The Hall–Kier alpha value is -2.23. The van der Waals surface area contributed by atoms with E-state index < -0.39 is 15.9 Å². The number of benzene rings is 1. The van der Waals surface area contributed by atoms with Crippen LogP contribution in [0, 0.1) is 0 Å². The van der Waals surface area contributed by atoms with Gasteiger partial charge in [-0.3, -0.25) is 9.59 Å². The summed E-state index contributed by atoms with van der Waals surface area (Å²) >= 11 is 0.893. The van der Waals surface area contributed by atoms with Crippen LogP contribution in [0.5, 0.6) is 0 Å². The van der Waals surface area contributed by atoms with Crippen molar-refractivity contribution in [2.24, 2.45) is 5.14 Å². The van der Waals surface area contributed by atoms with Gasteiger partial charge in [-0.15, -0.1) is 11.3 Å². The van der Waals surface area contributed by atoms with Crippen molar-refractivity contribution in [2.75, 3.05) is 16.8 Å². The lowest BCUT2D eigenvalue weighted by Crippen LogP contribution is -2.23. The molecular formula is C15H15N3O4S2. The normalized spacial score (nSPS) is 14.9. The van der Waals surface area contributed by atoms with Crippen molar-refractivity contribution in [1.29, 1.82) is 0 Å². The number of anilines is 2. The Morgan fingerprint density at radius 2 is 2.08 bits per heavy atom. The van der Waals surface area contributed by atoms with Crippen molar-refractivity contribution in [2.45, 2.75) is 17.1 Å². The summed E-state index contributed by atoms with van der Waals surface area (Å²) in [6, 6.07) is 8.22. The van der Waals surface area contributed by atoms with Crippen molar-refractivity contribution < 1.29 is 18.0 Å². The van der Waals surface area contributed by atoms with E-state index in [0.29, 0.717) is 18.7 Å². The Kier molecular flexibility index (Phi) is 4.39. The number of carbonyl (C=O) groups excluding carboxylic acids is 2. The van der Waals surface area contributed by atoms with E-state index in [4.69, 9.17) is 5.14 Å². The van der Waals surface area contributed by atoms with Crippen LogP contribution < -0.4 is 15.4 Å². The Bertz CT molecular complexity index is 905. The van der Waals surface area contributed by atoms with Crippen LogP contribution in [0.4, 0.5) is 11.4 Å². The fourth-order valence-electron chi connectivity index (χ4n) is 2.46. The molecule has 24 heavy (non-hydrogen) atoms. The molecule has 3 N–H and O–H groups in total. The van der Waals surface area contributed by atoms with Crippen LogP contribution in [0.25, 0.3) is 0 Å². The third-order valence-electron chi connectivity index (χ3n) is 3.61. The monoisotopic (exact) mass is 365 g/mol. The fourth-order valence-corrected chi connectivity index (χ4v) is 4.05. The molecule has 0 radical (unpaired) electrons. The number of hydrogen-bond acceptors (Lipinski definition) is 5. The predicted molar refractivity (Wildman–Crippen MR) is 91.7 cm³/mol. The second-order valence-electron chi connectivity index (χ2n) is 5.35. The van der Waals surface area contributed by atoms with E-state index >= 15 is 0 Å². The lowest BCUT2D eigenvalue weighted by atomic mass is 10.2. The third kappa shape index (κ3) is 3.48. The zero-order valence-electron chi connectivity index (χ0n) is 12.6. The van der Waals surface area contributed by atoms with Crippen LogP contribution in [0.2, 0.25) is 0 Å². The molecule has 3 rings (SSSR count). The van der Waals surface area contributed by atoms with E-state index in [1.54, 1.807) is 23.1 Å². The first-order chi connectivity index (χ1) is 11.3. The number of carbonyl (C=O) groups is 2. The van der Waals surface area contributed by atoms with Crippen LogP contribution in [0.3, 0.4) is 0 Å². The summed E-state index contributed by atoms with van der Waals surface area (Å²) in [5.41, 5.74) is 1.47. The van der Waals surface area contributed by atoms with Crippen molar-refractivity contribution in [1.82, 2.24) is 0 Å². The van der Waals surface area contributed by atoms with Crippen molar-refractivity contribution >= 4 is 44.5 Å². The lowest BCUT2D eigenvalue weighted by molar-refractivity contribution is -0.117. The number of hydrogen-bond donors (Lipinski definition) is 2. The smallest absolute Gasteiger partial charge is 0.256 e. The van der Waals surface area contributed by atoms with Gasteiger partial charge in [0.25, 0.3) is 5.91 Å². The largest absolute Gasteiger partial charge is 0.322 e. The molecule has 9 heteroatoms. The summed E-state index contributed by atoms with van der Waals surface area (Å²) in [5, 5.41) is 9.17. The zero-order valence-corrected chi connectivity index (χ0v) is 14.2. The molecule has 1 aromatic heterocycles. The number of thiophene rings is 1. The Labute approximate surface area is 143 Å². The van der Waals surface area contributed by atoms with Crippen LogP contribution in [0.15, 0.2) is 39.9 Å². The van der Waals surface area contributed by atoms with Gasteiger partial charge in [-0.2, -0.15) is 0 Å². The van der Waals surface area contributed by atoms with E-state index in [2.05, 4.69) is 5.32 Å². The van der Waals surface area contributed by atoms with E-state index in [-0.39, 0.29) is 15.7 Å². The maximum atomic E-state index is 12.2. The highest BCUT2D eigenvalue weighted by atomic mass is 32.2. The van der Waals surface area contributed by atoms with Crippen LogP contribution in [0.1, 0.15) is 23.2 Å². The number of nitrogens with two attached hydrogens (primary N) is 1. The standard InChI is InChI=1S/C15H15N3O4S2/c16-24(21,22)14-7-10(9-23-14)15(20)17-11-3-1-4-12(8-11)18-6-2-5-13(18)19/h1,3-4,7-9H,2,5-6H2,(H,17,20)(H2,16,21,22). The van der Waals surface area contributed by atoms with Crippen LogP contribution in [-0.2, 0) is 14.8 Å². The van der Waals surface area contributed by atoms with E-state index in [1.807, 2.05) is 6.07 Å². The number of primary sulfonamides is 1. The van der Waals surface area contributed by atoms with Gasteiger partial charge in [0.1, 0.15) is 4.21 Å². The molecule has 0 aliphatic carbocycles. The molecule has 2 aromatic rings. The summed E-state index contributed by atoms with van der Waals surface area (Å²) in [4.78, 5) is 25.7. The number of amides is 2. The predicted octanol–water partition coefficient (Wildman–Crippen LogP) is 1.77. The molecule has 0 unspecified atom stereocenters. The summed E-state index contributed by atoms with van der Waals surface area (Å²) in [6.45, 7) is 0.665. The highest BCUT2D eigenvalue weighted by Crippen LogP contribution is 2.25. The van der Waals surface area contributed by atoms with Crippen molar-refractivity contribution in [3.05, 3.63) is 41.3 Å². The maximum absolute atomic E-state index is 12.2. The van der Waals surface area contributed by atoms with Crippen molar-refractivity contribution in [3.63, 3.8) is 0 Å². The third-order valence-corrected chi connectivity index (χ3v) is 5.99. The van der Waals surface area contributed by atoms with E-state index in [0.717, 1.165) is 23.4 Å². The molecule has 7 nitrogen and oxygen atoms in total. The first-order valence-corrected chi connectivity index (χ1v) is 9.60. The van der Waals surface area contributed by atoms with Gasteiger partial charge >= 0.3 is 0 Å². The number of nitrogens with one attached hydrogen (secondary N) is 1. The maximum Gasteiger partial charge on any atom is 0.256 e. The quantitative estimate of drug-likeness (QED) is 0.860. The Morgan fingerprint density at radius 3 is 2.71 bits per heavy atom. The first-order valence-electron chi connectivity index (χ1n) is 7.18. The minimum absolute atomic E-state index is 0.0640. The number of sulfonamides is 1. The van der Waals surface area contributed by atoms with Gasteiger partial charge < -0.3 is 10.2 Å². The van der Waals surface area contributed by atoms with Crippen molar-refractivity contribution in [3.8, 4) is 0 Å². The summed E-state index contributed by atoms with van der Waals surface area (Å²) < 4.78 is 22.5. The molecule has 1 aliphatic heterocycles.